The van der Waals surface area contributed by atoms with Crippen LogP contribution in [0.4, 0.5) is 5.13 Å². The van der Waals surface area contributed by atoms with E-state index >= 15 is 0 Å². The first-order chi connectivity index (χ1) is 10.1. The number of anilines is 1. The van der Waals surface area contributed by atoms with Crippen LogP contribution >= 0.6 is 22.9 Å². The molecule has 0 radical (unpaired) electrons. The Morgan fingerprint density at radius 2 is 1.86 bits per heavy atom. The van der Waals surface area contributed by atoms with Crippen LogP contribution in [-0.4, -0.2) is 15.3 Å². The molecule has 0 bridgehead atoms. The number of thiazole rings is 1. The smallest absolute Gasteiger partial charge is 0.291 e. The van der Waals surface area contributed by atoms with E-state index in [9.17, 15) is 0 Å². The number of hydrogen-bond donors (Lipinski definition) is 2. The molecule has 0 unspecified atom stereocenters. The molecule has 2 rings (SSSR count). The van der Waals surface area contributed by atoms with E-state index in [0.717, 1.165) is 17.1 Å². The van der Waals surface area contributed by atoms with Crippen LogP contribution in [0, 0.1) is 10.1 Å². The number of halogens is 1. The zero-order chi connectivity index (χ0) is 16.9. The molecule has 1 heterocycles. The second-order valence-electron chi connectivity index (χ2n) is 5.61. The van der Waals surface area contributed by atoms with Gasteiger partial charge in [-0.2, -0.15) is 0 Å². The van der Waals surface area contributed by atoms with Gasteiger partial charge in [-0.25, -0.2) is 4.98 Å². The standard InChI is InChI=1S/C14H17ClN2S.HNO3/c1-14(2,3)12-11(18-13(16)17-12)8-9-4-6-10(15)7-5-9;2-1(3)4/h4-7H,8H2,1-3H3,(H2,16,17);(H,2,3,4). The van der Waals surface area contributed by atoms with Gasteiger partial charge in [0.2, 0.25) is 0 Å². The molecule has 120 valence electrons. The summed E-state index contributed by atoms with van der Waals surface area (Å²) >= 11 is 7.47. The monoisotopic (exact) mass is 343 g/mol. The summed E-state index contributed by atoms with van der Waals surface area (Å²) in [5, 5.41) is 15.0. The summed E-state index contributed by atoms with van der Waals surface area (Å²) in [5.41, 5.74) is 8.19. The summed E-state index contributed by atoms with van der Waals surface area (Å²) in [7, 11) is 0. The summed E-state index contributed by atoms with van der Waals surface area (Å²) in [6, 6.07) is 7.92. The lowest BCUT2D eigenvalue weighted by Gasteiger charge is -2.17. The maximum absolute atomic E-state index is 8.36. The van der Waals surface area contributed by atoms with E-state index in [4.69, 9.17) is 32.7 Å². The summed E-state index contributed by atoms with van der Waals surface area (Å²) in [6.45, 7) is 6.48. The second-order valence-corrected chi connectivity index (χ2v) is 7.17. The van der Waals surface area contributed by atoms with Crippen molar-refractivity contribution in [2.75, 3.05) is 5.73 Å². The van der Waals surface area contributed by atoms with Crippen molar-refractivity contribution < 1.29 is 10.3 Å². The topological polar surface area (TPSA) is 102 Å². The zero-order valence-electron chi connectivity index (χ0n) is 12.5. The molecule has 2 aromatic rings. The van der Waals surface area contributed by atoms with Crippen LogP contribution in [0.3, 0.4) is 0 Å². The fourth-order valence-electron chi connectivity index (χ4n) is 1.86. The van der Waals surface area contributed by atoms with Gasteiger partial charge in [-0.1, -0.05) is 44.5 Å². The maximum atomic E-state index is 8.36. The molecule has 0 saturated carbocycles. The lowest BCUT2D eigenvalue weighted by molar-refractivity contribution is -0.742. The third-order valence-corrected chi connectivity index (χ3v) is 3.84. The number of nitrogens with zero attached hydrogens (tertiary/aromatic N) is 2. The van der Waals surface area contributed by atoms with E-state index < -0.39 is 5.09 Å². The average molecular weight is 344 g/mol. The van der Waals surface area contributed by atoms with E-state index in [2.05, 4.69) is 25.8 Å². The predicted molar refractivity (Wildman–Crippen MR) is 88.3 cm³/mol. The first-order valence-corrected chi connectivity index (χ1v) is 7.62. The molecule has 0 aliphatic carbocycles. The van der Waals surface area contributed by atoms with Crippen molar-refractivity contribution in [3.63, 3.8) is 0 Å². The summed E-state index contributed by atoms with van der Waals surface area (Å²) in [4.78, 5) is 14.1. The highest BCUT2D eigenvalue weighted by Gasteiger charge is 2.22. The molecule has 22 heavy (non-hydrogen) atoms. The van der Waals surface area contributed by atoms with Crippen LogP contribution < -0.4 is 5.73 Å². The fourth-order valence-corrected chi connectivity index (χ4v) is 3.07. The van der Waals surface area contributed by atoms with Gasteiger partial charge >= 0.3 is 0 Å². The van der Waals surface area contributed by atoms with E-state index in [1.807, 2.05) is 24.3 Å². The summed E-state index contributed by atoms with van der Waals surface area (Å²) < 4.78 is 0. The quantitative estimate of drug-likeness (QED) is 0.635. The molecule has 3 N–H and O–H groups in total. The van der Waals surface area contributed by atoms with E-state index in [-0.39, 0.29) is 5.41 Å². The van der Waals surface area contributed by atoms with Gasteiger partial charge < -0.3 is 10.9 Å². The van der Waals surface area contributed by atoms with Crippen molar-refractivity contribution in [1.29, 1.82) is 0 Å². The van der Waals surface area contributed by atoms with Crippen LogP contribution in [0.1, 0.15) is 36.9 Å². The number of nitrogens with two attached hydrogens (primary N) is 1. The minimum atomic E-state index is -1.50. The Labute approximate surface area is 137 Å². The van der Waals surface area contributed by atoms with Crippen molar-refractivity contribution in [1.82, 2.24) is 4.98 Å². The molecule has 0 aliphatic heterocycles. The van der Waals surface area contributed by atoms with Crippen molar-refractivity contribution in [3.8, 4) is 0 Å². The molecule has 1 aromatic carbocycles. The minimum absolute atomic E-state index is 0.0237. The number of nitrogen functional groups attached to an aromatic ring is 1. The molecular weight excluding hydrogens is 326 g/mol. The summed E-state index contributed by atoms with van der Waals surface area (Å²) in [6.07, 6.45) is 0.860. The SMILES string of the molecule is CC(C)(C)c1nc(N)sc1Cc1ccc(Cl)cc1.O=[N+]([O-])O. The third-order valence-electron chi connectivity index (χ3n) is 2.70. The van der Waals surface area contributed by atoms with Crippen LogP contribution in [0.15, 0.2) is 24.3 Å². The molecule has 8 heteroatoms. The first-order valence-electron chi connectivity index (χ1n) is 6.43. The Balaban J connectivity index is 0.000000541. The highest BCUT2D eigenvalue weighted by atomic mass is 35.5. The highest BCUT2D eigenvalue weighted by Crippen LogP contribution is 2.32. The molecule has 0 atom stereocenters. The third kappa shape index (κ3) is 5.87. The molecule has 0 fully saturated rings. The van der Waals surface area contributed by atoms with Crippen molar-refractivity contribution in [2.45, 2.75) is 32.6 Å². The Morgan fingerprint density at radius 1 is 1.36 bits per heavy atom. The number of benzene rings is 1. The largest absolute Gasteiger partial charge is 0.375 e. The van der Waals surface area contributed by atoms with E-state index in [1.165, 1.54) is 10.4 Å². The van der Waals surface area contributed by atoms with E-state index in [1.54, 1.807) is 11.3 Å². The molecule has 0 aliphatic rings. The van der Waals surface area contributed by atoms with Crippen LogP contribution in [0.2, 0.25) is 5.02 Å². The van der Waals surface area contributed by atoms with Crippen LogP contribution in [-0.2, 0) is 11.8 Å². The molecule has 1 aromatic heterocycles. The fraction of sp³-hybridized carbons (Fsp3) is 0.357. The Kier molecular flexibility index (Phi) is 6.13. The maximum Gasteiger partial charge on any atom is 0.291 e. The van der Waals surface area contributed by atoms with Gasteiger partial charge in [0.1, 0.15) is 0 Å². The Bertz CT molecular complexity index is 632. The molecule has 0 saturated heterocycles. The normalized spacial score (nSPS) is 10.7. The molecule has 6 nitrogen and oxygen atoms in total. The first kappa shape index (κ1) is 18.2. The zero-order valence-corrected chi connectivity index (χ0v) is 14.1. The lowest BCUT2D eigenvalue weighted by atomic mass is 9.90. The van der Waals surface area contributed by atoms with Gasteiger partial charge in [-0.05, 0) is 17.7 Å². The van der Waals surface area contributed by atoms with Crippen molar-refractivity contribution in [2.24, 2.45) is 0 Å². The number of hydrogen-bond acceptors (Lipinski definition) is 5. The van der Waals surface area contributed by atoms with Gasteiger partial charge in [0.15, 0.2) is 5.13 Å². The van der Waals surface area contributed by atoms with Gasteiger partial charge in [0, 0.05) is 21.7 Å². The van der Waals surface area contributed by atoms with Crippen molar-refractivity contribution in [3.05, 3.63) is 55.5 Å². The van der Waals surface area contributed by atoms with Crippen molar-refractivity contribution >= 4 is 28.1 Å². The highest BCUT2D eigenvalue weighted by molar-refractivity contribution is 7.15. The van der Waals surface area contributed by atoms with Gasteiger partial charge in [-0.3, -0.25) is 0 Å². The van der Waals surface area contributed by atoms with Gasteiger partial charge in [0.25, 0.3) is 5.09 Å². The molecule has 0 amide bonds. The van der Waals surface area contributed by atoms with Gasteiger partial charge in [-0.15, -0.1) is 21.5 Å². The van der Waals surface area contributed by atoms with Crippen LogP contribution in [0.5, 0.6) is 0 Å². The molecule has 0 spiro atoms. The lowest BCUT2D eigenvalue weighted by Crippen LogP contribution is -2.14. The van der Waals surface area contributed by atoms with Crippen LogP contribution in [0.25, 0.3) is 0 Å². The summed E-state index contributed by atoms with van der Waals surface area (Å²) in [5.74, 6) is 0. The molecular formula is C14H18ClN3O3S. The number of rotatable bonds is 2. The second kappa shape index (κ2) is 7.42. The Hall–Kier alpha value is -1.86. The number of aromatic nitrogens is 1. The average Bonchev–Trinajstić information content (AvgIpc) is 2.72. The Morgan fingerprint density at radius 3 is 2.32 bits per heavy atom. The van der Waals surface area contributed by atoms with E-state index in [0.29, 0.717) is 5.13 Å². The predicted octanol–water partition coefficient (Wildman–Crippen LogP) is 3.92. The minimum Gasteiger partial charge on any atom is -0.375 e. The van der Waals surface area contributed by atoms with Gasteiger partial charge in [0.05, 0.1) is 5.69 Å².